The molecule has 5 rings (SSSR count). The predicted octanol–water partition coefficient (Wildman–Crippen LogP) is 4.95. The Kier molecular flexibility index (Phi) is 6.49. The second-order valence-electron chi connectivity index (χ2n) is 8.45. The molecule has 4 N–H and O–H groups in total. The number of aromatic nitrogens is 1. The van der Waals surface area contributed by atoms with Crippen molar-refractivity contribution in [2.24, 2.45) is 5.10 Å². The molecule has 182 valence electrons. The molecule has 2 aromatic heterocycles. The van der Waals surface area contributed by atoms with E-state index in [9.17, 15) is 14.3 Å². The van der Waals surface area contributed by atoms with Crippen molar-refractivity contribution in [3.63, 3.8) is 0 Å². The van der Waals surface area contributed by atoms with Crippen LogP contribution in [-0.4, -0.2) is 33.8 Å². The Morgan fingerprint density at radius 3 is 2.81 bits per heavy atom. The van der Waals surface area contributed by atoms with Gasteiger partial charge in [-0.25, -0.2) is 9.40 Å². The molecule has 0 aliphatic carbocycles. The average molecular weight is 502 g/mol. The Bertz CT molecular complexity index is 1450. The van der Waals surface area contributed by atoms with Crippen molar-refractivity contribution in [1.82, 2.24) is 15.3 Å². The fourth-order valence-corrected chi connectivity index (χ4v) is 5.38. The summed E-state index contributed by atoms with van der Waals surface area (Å²) >= 11 is 1.35. The molecule has 4 aromatic rings. The van der Waals surface area contributed by atoms with Crippen LogP contribution in [0.25, 0.3) is 10.4 Å². The van der Waals surface area contributed by atoms with Gasteiger partial charge in [-0.05, 0) is 48.5 Å². The number of nitrogens with zero attached hydrogens (tertiary/aromatic N) is 3. The van der Waals surface area contributed by atoms with Crippen LogP contribution in [0.4, 0.5) is 10.1 Å². The van der Waals surface area contributed by atoms with E-state index in [0.29, 0.717) is 28.4 Å². The van der Waals surface area contributed by atoms with Gasteiger partial charge in [-0.15, -0.1) is 11.3 Å². The molecule has 2 aromatic carbocycles. The van der Waals surface area contributed by atoms with Crippen LogP contribution in [-0.2, 0) is 6.54 Å². The van der Waals surface area contributed by atoms with Crippen molar-refractivity contribution in [3.8, 4) is 16.2 Å². The predicted molar refractivity (Wildman–Crippen MR) is 139 cm³/mol. The summed E-state index contributed by atoms with van der Waals surface area (Å²) in [5.41, 5.74) is 9.70. The molecule has 0 saturated heterocycles. The number of thiophene rings is 1. The molecular formula is C27H24FN5O2S. The minimum Gasteiger partial charge on any atom is -0.507 e. The number of hydrazone groups is 1. The van der Waals surface area contributed by atoms with Gasteiger partial charge in [-0.3, -0.25) is 9.78 Å². The number of hydrogen-bond acceptors (Lipinski definition) is 7. The number of aromatic hydroxyl groups is 1. The summed E-state index contributed by atoms with van der Waals surface area (Å²) in [6.07, 6.45) is 3.32. The number of phenols is 1. The number of hydrogen-bond donors (Lipinski definition) is 3. The molecule has 1 aliphatic heterocycles. The van der Waals surface area contributed by atoms with Gasteiger partial charge in [0.2, 0.25) is 0 Å². The second kappa shape index (κ2) is 9.88. The van der Waals surface area contributed by atoms with E-state index < -0.39 is 11.9 Å². The summed E-state index contributed by atoms with van der Waals surface area (Å²) < 4.78 is 14.9. The van der Waals surface area contributed by atoms with Gasteiger partial charge in [0.05, 0.1) is 27.9 Å². The highest BCUT2D eigenvalue weighted by Gasteiger charge is 2.37. The second-order valence-corrected chi connectivity index (χ2v) is 9.53. The van der Waals surface area contributed by atoms with Crippen LogP contribution in [0.1, 0.15) is 38.8 Å². The molecule has 3 heterocycles. The Hall–Kier alpha value is -4.08. The van der Waals surface area contributed by atoms with Crippen molar-refractivity contribution in [1.29, 1.82) is 0 Å². The van der Waals surface area contributed by atoms with Crippen molar-refractivity contribution in [2.45, 2.75) is 19.0 Å². The number of nitrogens with one attached hydrogen (secondary N) is 1. The van der Waals surface area contributed by atoms with Gasteiger partial charge in [-0.2, -0.15) is 5.10 Å². The lowest BCUT2D eigenvalue weighted by Gasteiger charge is -2.22. The first-order valence-electron chi connectivity index (χ1n) is 11.4. The molecule has 1 amide bonds. The Labute approximate surface area is 211 Å². The maximum atomic E-state index is 14.9. The molecule has 1 aliphatic rings. The van der Waals surface area contributed by atoms with Gasteiger partial charge in [0, 0.05) is 35.8 Å². The van der Waals surface area contributed by atoms with E-state index in [1.807, 2.05) is 37.4 Å². The number of anilines is 1. The molecular weight excluding hydrogens is 477 g/mol. The van der Waals surface area contributed by atoms with Crippen molar-refractivity contribution in [2.75, 3.05) is 12.8 Å². The van der Waals surface area contributed by atoms with E-state index in [2.05, 4.69) is 15.4 Å². The van der Waals surface area contributed by atoms with Gasteiger partial charge in [0.25, 0.3) is 5.91 Å². The Morgan fingerprint density at radius 1 is 1.19 bits per heavy atom. The molecule has 0 fully saturated rings. The van der Waals surface area contributed by atoms with Crippen LogP contribution in [0.15, 0.2) is 78.2 Å². The molecule has 0 spiro atoms. The fraction of sp³-hybridized carbons (Fsp3) is 0.148. The van der Waals surface area contributed by atoms with Gasteiger partial charge in [0.1, 0.15) is 11.6 Å². The molecule has 1 atom stereocenters. The van der Waals surface area contributed by atoms with E-state index in [1.165, 1.54) is 40.7 Å². The summed E-state index contributed by atoms with van der Waals surface area (Å²) in [7, 11) is 1.89. The van der Waals surface area contributed by atoms with Crippen LogP contribution >= 0.6 is 11.3 Å². The van der Waals surface area contributed by atoms with Crippen LogP contribution < -0.4 is 11.1 Å². The van der Waals surface area contributed by atoms with Gasteiger partial charge >= 0.3 is 0 Å². The minimum atomic E-state index is -0.822. The first kappa shape index (κ1) is 23.7. The third-order valence-corrected chi connectivity index (χ3v) is 7.15. The number of carbonyl (C=O) groups is 1. The van der Waals surface area contributed by atoms with E-state index >= 15 is 0 Å². The zero-order valence-corrected chi connectivity index (χ0v) is 20.3. The van der Waals surface area contributed by atoms with E-state index in [-0.39, 0.29) is 23.6 Å². The highest BCUT2D eigenvalue weighted by Crippen LogP contribution is 2.40. The first-order valence-corrected chi connectivity index (χ1v) is 12.2. The summed E-state index contributed by atoms with van der Waals surface area (Å²) in [6, 6.07) is 16.6. The van der Waals surface area contributed by atoms with Crippen LogP contribution in [0.2, 0.25) is 0 Å². The highest BCUT2D eigenvalue weighted by atomic mass is 32.1. The molecule has 0 bridgehead atoms. The first-order chi connectivity index (χ1) is 17.5. The largest absolute Gasteiger partial charge is 0.507 e. The van der Waals surface area contributed by atoms with E-state index in [1.54, 1.807) is 18.3 Å². The van der Waals surface area contributed by atoms with Gasteiger partial charge in [0.15, 0.2) is 0 Å². The summed E-state index contributed by atoms with van der Waals surface area (Å²) in [6.45, 7) is 0.694. The van der Waals surface area contributed by atoms with Crippen molar-refractivity contribution < 1.29 is 14.3 Å². The lowest BCUT2D eigenvalue weighted by molar-refractivity contribution is 0.0712. The molecule has 0 radical (unpaired) electrons. The molecule has 9 heteroatoms. The summed E-state index contributed by atoms with van der Waals surface area (Å²) in [4.78, 5) is 19.2. The number of nitrogens with two attached hydrogens (primary N) is 1. The van der Waals surface area contributed by atoms with Crippen molar-refractivity contribution in [3.05, 3.63) is 100 Å². The third-order valence-electron chi connectivity index (χ3n) is 6.04. The minimum absolute atomic E-state index is 0.0256. The van der Waals surface area contributed by atoms with E-state index in [4.69, 9.17) is 5.73 Å². The molecule has 36 heavy (non-hydrogen) atoms. The number of pyridine rings is 1. The molecule has 7 nitrogen and oxygen atoms in total. The van der Waals surface area contributed by atoms with Crippen LogP contribution in [0, 0.1) is 5.82 Å². The number of benzene rings is 2. The number of amides is 1. The number of halogens is 1. The number of nitrogen functional groups attached to an aromatic ring is 1. The van der Waals surface area contributed by atoms with E-state index in [0.717, 1.165) is 16.0 Å². The number of phenolic OH excluding ortho intramolecular Hbond substituents is 1. The molecule has 1 unspecified atom stereocenters. The topological polar surface area (TPSA) is 104 Å². The fourth-order valence-electron chi connectivity index (χ4n) is 4.38. The van der Waals surface area contributed by atoms with Crippen LogP contribution in [0.3, 0.4) is 0 Å². The lowest BCUT2D eigenvalue weighted by atomic mass is 9.97. The number of carbonyl (C=O) groups excluding carboxylic acids is 1. The normalized spacial score (nSPS) is 15.2. The standard InChI is InChI=1S/C27H24FN5O2S/c1-30-13-16-5-2-3-6-19(16)24-9-10-25(36-24)27(35)33-22(26-20(28)7-4-8-23(26)34)12-21(32-33)17-11-18(29)15-31-14-17/h2-11,14-15,22,30,34H,12-13,29H2,1H3. The van der Waals surface area contributed by atoms with Gasteiger partial charge in [-0.1, -0.05) is 30.3 Å². The van der Waals surface area contributed by atoms with Crippen LogP contribution in [0.5, 0.6) is 5.75 Å². The lowest BCUT2D eigenvalue weighted by Crippen LogP contribution is -2.27. The third kappa shape index (κ3) is 4.46. The SMILES string of the molecule is CNCc1ccccc1-c1ccc(C(=O)N2N=C(c3cncc(N)c3)CC2c2c(O)cccc2F)s1. The Morgan fingerprint density at radius 2 is 2.03 bits per heavy atom. The zero-order valence-electron chi connectivity index (χ0n) is 19.5. The smallest absolute Gasteiger partial charge is 0.284 e. The maximum Gasteiger partial charge on any atom is 0.284 e. The summed E-state index contributed by atoms with van der Waals surface area (Å²) in [5, 5.41) is 19.5. The monoisotopic (exact) mass is 501 g/mol. The van der Waals surface area contributed by atoms with Crippen molar-refractivity contribution >= 4 is 28.6 Å². The number of rotatable bonds is 6. The highest BCUT2D eigenvalue weighted by molar-refractivity contribution is 7.17. The quantitative estimate of drug-likeness (QED) is 0.347. The molecule has 0 saturated carbocycles. The average Bonchev–Trinajstić information content (AvgIpc) is 3.53. The Balaban J connectivity index is 1.54. The maximum absolute atomic E-state index is 14.9. The summed E-state index contributed by atoms with van der Waals surface area (Å²) in [5.74, 6) is -1.21. The zero-order chi connectivity index (χ0) is 25.2. The van der Waals surface area contributed by atoms with Gasteiger partial charge < -0.3 is 16.2 Å².